The first kappa shape index (κ1) is 17.2. The fraction of sp³-hybridized carbons (Fsp3) is 0.286. The number of hydrogen-bond donors (Lipinski definition) is 1. The Kier molecular flexibility index (Phi) is 5.19. The van der Waals surface area contributed by atoms with Crippen LogP contribution in [0.15, 0.2) is 54.7 Å². The fourth-order valence-electron chi connectivity index (χ4n) is 3.10. The highest BCUT2D eigenvalue weighted by Gasteiger charge is 2.09. The number of aromatic nitrogens is 1. The zero-order valence-electron chi connectivity index (χ0n) is 15.1. The Balaban J connectivity index is 1.87. The molecule has 1 amide bonds. The average molecular weight is 335 g/mol. The van der Waals surface area contributed by atoms with Crippen LogP contribution in [0.25, 0.3) is 10.9 Å². The van der Waals surface area contributed by atoms with E-state index in [1.54, 1.807) is 7.05 Å². The third-order valence-electron chi connectivity index (χ3n) is 4.50. The van der Waals surface area contributed by atoms with Gasteiger partial charge in [0.1, 0.15) is 0 Å². The predicted molar refractivity (Wildman–Crippen MR) is 103 cm³/mol. The summed E-state index contributed by atoms with van der Waals surface area (Å²) < 4.78 is 2.30. The van der Waals surface area contributed by atoms with Crippen molar-refractivity contribution in [2.45, 2.75) is 13.0 Å². The lowest BCUT2D eigenvalue weighted by Gasteiger charge is -2.08. The summed E-state index contributed by atoms with van der Waals surface area (Å²) in [5.74, 6) is -0.0519. The lowest BCUT2D eigenvalue weighted by molar-refractivity contribution is 0.0963. The number of para-hydroxylation sites is 1. The van der Waals surface area contributed by atoms with Crippen LogP contribution in [0.2, 0.25) is 0 Å². The molecule has 3 rings (SSSR count). The summed E-state index contributed by atoms with van der Waals surface area (Å²) in [5, 5.41) is 3.98. The lowest BCUT2D eigenvalue weighted by Crippen LogP contribution is -2.17. The molecule has 0 atom stereocenters. The molecule has 0 aliphatic rings. The molecule has 4 heteroatoms. The summed E-state index contributed by atoms with van der Waals surface area (Å²) in [5.41, 5.74) is 4.51. The van der Waals surface area contributed by atoms with Gasteiger partial charge in [-0.05, 0) is 49.8 Å². The lowest BCUT2D eigenvalue weighted by atomic mass is 10.1. The third kappa shape index (κ3) is 3.91. The number of nitrogens with one attached hydrogen (secondary N) is 1. The Labute approximate surface area is 149 Å². The van der Waals surface area contributed by atoms with Crippen LogP contribution in [-0.4, -0.2) is 43.1 Å². The van der Waals surface area contributed by atoms with E-state index in [1.807, 2.05) is 24.3 Å². The minimum Gasteiger partial charge on any atom is -0.355 e. The van der Waals surface area contributed by atoms with Crippen LogP contribution >= 0.6 is 0 Å². The molecule has 2 aromatic carbocycles. The zero-order valence-corrected chi connectivity index (χ0v) is 15.1. The van der Waals surface area contributed by atoms with Crippen molar-refractivity contribution in [2.75, 3.05) is 27.7 Å². The first-order valence-electron chi connectivity index (χ1n) is 8.61. The molecule has 25 heavy (non-hydrogen) atoms. The standard InChI is InChI=1S/C21H25N3O/c1-22-21(25)17-10-8-16(9-11-17)14-24-15-18(12-13-23(2)3)19-6-4-5-7-20(19)24/h4-11,15H,12-14H2,1-3H3,(H,22,25). The molecule has 0 aliphatic carbocycles. The van der Waals surface area contributed by atoms with Crippen molar-refractivity contribution in [1.29, 1.82) is 0 Å². The SMILES string of the molecule is CNC(=O)c1ccc(Cn2cc(CCN(C)C)c3ccccc32)cc1. The average Bonchev–Trinajstić information content (AvgIpc) is 2.98. The second kappa shape index (κ2) is 7.53. The number of likely N-dealkylation sites (N-methyl/N-ethyl adjacent to an activating group) is 1. The topological polar surface area (TPSA) is 37.3 Å². The van der Waals surface area contributed by atoms with Gasteiger partial charge >= 0.3 is 0 Å². The van der Waals surface area contributed by atoms with Gasteiger partial charge in [0, 0.05) is 42.8 Å². The maximum absolute atomic E-state index is 11.7. The number of nitrogens with zero attached hydrogens (tertiary/aromatic N) is 2. The molecule has 0 aliphatic heterocycles. The number of benzene rings is 2. The van der Waals surface area contributed by atoms with Crippen LogP contribution in [-0.2, 0) is 13.0 Å². The minimum atomic E-state index is -0.0519. The highest BCUT2D eigenvalue weighted by atomic mass is 16.1. The Morgan fingerprint density at radius 3 is 2.48 bits per heavy atom. The quantitative estimate of drug-likeness (QED) is 0.751. The van der Waals surface area contributed by atoms with E-state index >= 15 is 0 Å². The molecule has 4 nitrogen and oxygen atoms in total. The van der Waals surface area contributed by atoms with Crippen LogP contribution < -0.4 is 5.32 Å². The highest BCUT2D eigenvalue weighted by Crippen LogP contribution is 2.23. The molecule has 0 radical (unpaired) electrons. The maximum atomic E-state index is 11.7. The summed E-state index contributed by atoms with van der Waals surface area (Å²) in [6.07, 6.45) is 3.30. The van der Waals surface area contributed by atoms with Gasteiger partial charge in [-0.1, -0.05) is 30.3 Å². The van der Waals surface area contributed by atoms with Crippen LogP contribution in [0.1, 0.15) is 21.5 Å². The second-order valence-electron chi connectivity index (χ2n) is 6.63. The van der Waals surface area contributed by atoms with Gasteiger partial charge in [0.2, 0.25) is 0 Å². The first-order chi connectivity index (χ1) is 12.1. The third-order valence-corrected chi connectivity index (χ3v) is 4.50. The summed E-state index contributed by atoms with van der Waals surface area (Å²) in [7, 11) is 5.86. The number of carbonyl (C=O) groups is 1. The van der Waals surface area contributed by atoms with Crippen molar-refractivity contribution in [1.82, 2.24) is 14.8 Å². The molecule has 0 unspecified atom stereocenters. The smallest absolute Gasteiger partial charge is 0.251 e. The van der Waals surface area contributed by atoms with Gasteiger partial charge in [-0.2, -0.15) is 0 Å². The van der Waals surface area contributed by atoms with Gasteiger partial charge < -0.3 is 14.8 Å². The van der Waals surface area contributed by atoms with E-state index in [9.17, 15) is 4.79 Å². The molecule has 3 aromatic rings. The summed E-state index contributed by atoms with van der Waals surface area (Å²) >= 11 is 0. The Bertz CT molecular complexity index is 862. The molecule has 0 saturated heterocycles. The Morgan fingerprint density at radius 2 is 1.80 bits per heavy atom. The van der Waals surface area contributed by atoms with Crippen molar-refractivity contribution < 1.29 is 4.79 Å². The normalized spacial score (nSPS) is 11.2. The molecule has 0 bridgehead atoms. The van der Waals surface area contributed by atoms with Gasteiger partial charge in [-0.25, -0.2) is 0 Å². The zero-order chi connectivity index (χ0) is 17.8. The molecule has 0 spiro atoms. The summed E-state index contributed by atoms with van der Waals surface area (Å²) in [6.45, 7) is 1.84. The number of amides is 1. The molecule has 0 saturated carbocycles. The van der Waals surface area contributed by atoms with Crippen molar-refractivity contribution in [3.05, 3.63) is 71.4 Å². The number of hydrogen-bond acceptors (Lipinski definition) is 2. The van der Waals surface area contributed by atoms with Gasteiger partial charge in [-0.15, -0.1) is 0 Å². The van der Waals surface area contributed by atoms with Crippen LogP contribution in [0.4, 0.5) is 0 Å². The molecule has 1 N–H and O–H groups in total. The summed E-state index contributed by atoms with van der Waals surface area (Å²) in [6, 6.07) is 16.4. The molecular weight excluding hydrogens is 310 g/mol. The molecule has 1 heterocycles. The van der Waals surface area contributed by atoms with Crippen LogP contribution in [0.3, 0.4) is 0 Å². The maximum Gasteiger partial charge on any atom is 0.251 e. The van der Waals surface area contributed by atoms with Crippen molar-refractivity contribution in [3.63, 3.8) is 0 Å². The van der Waals surface area contributed by atoms with Gasteiger partial charge in [-0.3, -0.25) is 4.79 Å². The fourth-order valence-corrected chi connectivity index (χ4v) is 3.10. The van der Waals surface area contributed by atoms with E-state index in [2.05, 4.69) is 59.3 Å². The van der Waals surface area contributed by atoms with E-state index in [1.165, 1.54) is 22.0 Å². The van der Waals surface area contributed by atoms with Crippen LogP contribution in [0, 0.1) is 0 Å². The first-order valence-corrected chi connectivity index (χ1v) is 8.61. The molecule has 0 fully saturated rings. The summed E-state index contributed by atoms with van der Waals surface area (Å²) in [4.78, 5) is 13.9. The van der Waals surface area contributed by atoms with E-state index < -0.39 is 0 Å². The van der Waals surface area contributed by atoms with E-state index in [4.69, 9.17) is 0 Å². The van der Waals surface area contributed by atoms with E-state index in [-0.39, 0.29) is 5.91 Å². The Morgan fingerprint density at radius 1 is 1.08 bits per heavy atom. The van der Waals surface area contributed by atoms with Gasteiger partial charge in [0.25, 0.3) is 5.91 Å². The molecular formula is C21H25N3O. The second-order valence-corrected chi connectivity index (χ2v) is 6.63. The highest BCUT2D eigenvalue weighted by molar-refractivity contribution is 5.94. The van der Waals surface area contributed by atoms with Crippen LogP contribution in [0.5, 0.6) is 0 Å². The van der Waals surface area contributed by atoms with E-state index in [0.717, 1.165) is 19.5 Å². The number of carbonyl (C=O) groups excluding carboxylic acids is 1. The molecule has 1 aromatic heterocycles. The van der Waals surface area contributed by atoms with Crippen molar-refractivity contribution in [2.24, 2.45) is 0 Å². The molecule has 130 valence electrons. The minimum absolute atomic E-state index is 0.0519. The van der Waals surface area contributed by atoms with E-state index in [0.29, 0.717) is 5.56 Å². The number of fused-ring (bicyclic) bond motifs is 1. The number of rotatable bonds is 6. The Hall–Kier alpha value is -2.59. The predicted octanol–water partition coefficient (Wildman–Crippen LogP) is 3.15. The van der Waals surface area contributed by atoms with Crippen molar-refractivity contribution >= 4 is 16.8 Å². The monoisotopic (exact) mass is 335 g/mol. The largest absolute Gasteiger partial charge is 0.355 e. The van der Waals surface area contributed by atoms with Gasteiger partial charge in [0.15, 0.2) is 0 Å². The van der Waals surface area contributed by atoms with Crippen molar-refractivity contribution in [3.8, 4) is 0 Å². The van der Waals surface area contributed by atoms with Gasteiger partial charge in [0.05, 0.1) is 0 Å².